The first kappa shape index (κ1) is 8.19. The fraction of sp³-hybridized carbons (Fsp3) is 0. The molecule has 0 aliphatic rings. The number of nitrogens with zero attached hydrogens (tertiary/aromatic N) is 3. The minimum Gasteiger partial charge on any atom is -0.444 e. The van der Waals surface area contributed by atoms with Gasteiger partial charge in [0, 0.05) is 0 Å². The van der Waals surface area contributed by atoms with Crippen molar-refractivity contribution in [3.05, 3.63) is 30.3 Å². The summed E-state index contributed by atoms with van der Waals surface area (Å²) >= 11 is 0. The van der Waals surface area contributed by atoms with Crippen LogP contribution in [-0.4, -0.2) is 6.40 Å². The maximum absolute atomic E-state index is 5.01. The van der Waals surface area contributed by atoms with Gasteiger partial charge in [0.15, 0.2) is 0 Å². The third-order valence-electron chi connectivity index (χ3n) is 1.08. The largest absolute Gasteiger partial charge is 0.444 e. The Morgan fingerprint density at radius 1 is 1.25 bits per heavy atom. The highest BCUT2D eigenvalue weighted by molar-refractivity contribution is 5.51. The minimum absolute atomic E-state index is 0.688. The Morgan fingerprint density at radius 3 is 2.67 bits per heavy atom. The maximum atomic E-state index is 5.01. The van der Waals surface area contributed by atoms with Gasteiger partial charge in [-0.15, -0.1) is 0 Å². The van der Waals surface area contributed by atoms with E-state index in [1.807, 2.05) is 18.2 Å². The number of benzene rings is 1. The molecule has 12 heavy (non-hydrogen) atoms. The Morgan fingerprint density at radius 2 is 2.00 bits per heavy atom. The lowest BCUT2D eigenvalue weighted by Gasteiger charge is -1.94. The molecule has 0 bridgehead atoms. The van der Waals surface area contributed by atoms with Crippen LogP contribution in [0, 0.1) is 0 Å². The number of hydrogen-bond acceptors (Lipinski definition) is 3. The monoisotopic (exact) mass is 164 g/mol. The number of nitrogens with two attached hydrogens (primary N) is 1. The Balaban J connectivity index is 2.43. The van der Waals surface area contributed by atoms with E-state index in [-0.39, 0.29) is 0 Å². The quantitative estimate of drug-likeness (QED) is 0.240. The Hall–Kier alpha value is -1.91. The van der Waals surface area contributed by atoms with E-state index in [1.54, 1.807) is 12.1 Å². The van der Waals surface area contributed by atoms with Crippen LogP contribution in [0.25, 0.3) is 0 Å². The molecule has 0 spiro atoms. The first-order valence-electron chi connectivity index (χ1n) is 3.27. The van der Waals surface area contributed by atoms with Gasteiger partial charge in [0.1, 0.15) is 5.75 Å². The molecule has 62 valence electrons. The van der Waals surface area contributed by atoms with E-state index in [9.17, 15) is 0 Å². The van der Waals surface area contributed by atoms with Gasteiger partial charge in [0.05, 0.1) is 0 Å². The summed E-state index contributed by atoms with van der Waals surface area (Å²) in [6, 6.07) is 9.20. The molecule has 0 heterocycles. The summed E-state index contributed by atoms with van der Waals surface area (Å²) < 4.78 is 5.01. The second kappa shape index (κ2) is 4.84. The van der Waals surface area contributed by atoms with Crippen molar-refractivity contribution in [1.29, 1.82) is 0 Å². The van der Waals surface area contributed by atoms with Gasteiger partial charge in [-0.1, -0.05) is 28.5 Å². The van der Waals surface area contributed by atoms with Crippen LogP contribution in [0.1, 0.15) is 0 Å². The molecule has 0 unspecified atom stereocenters. The fourth-order valence-electron chi connectivity index (χ4n) is 0.634. The first-order chi connectivity index (χ1) is 5.93. The van der Waals surface area contributed by atoms with Crippen molar-refractivity contribution >= 4 is 6.40 Å². The summed E-state index contributed by atoms with van der Waals surface area (Å²) in [7, 11) is 0. The van der Waals surface area contributed by atoms with Crippen molar-refractivity contribution in [3.8, 4) is 5.75 Å². The molecule has 0 amide bonds. The Bertz CT molecular complexity index is 270. The molecule has 0 saturated heterocycles. The molecule has 0 aliphatic carbocycles. The summed E-state index contributed by atoms with van der Waals surface area (Å²) in [6.45, 7) is 0. The van der Waals surface area contributed by atoms with Crippen LogP contribution in [0.15, 0.2) is 45.9 Å². The average molecular weight is 164 g/mol. The van der Waals surface area contributed by atoms with Crippen LogP contribution in [0.5, 0.6) is 5.75 Å². The molecule has 0 saturated carbocycles. The molecule has 1 aromatic rings. The number of ether oxygens (including phenoxy) is 1. The molecular weight excluding hydrogens is 156 g/mol. The van der Waals surface area contributed by atoms with Gasteiger partial charge in [-0.3, -0.25) is 0 Å². The van der Waals surface area contributed by atoms with Gasteiger partial charge in [0.2, 0.25) is 6.40 Å². The molecule has 0 aromatic heterocycles. The lowest BCUT2D eigenvalue weighted by molar-refractivity contribution is 0.570. The van der Waals surface area contributed by atoms with Crippen LogP contribution >= 0.6 is 0 Å². The number of rotatable bonds is 3. The number of para-hydroxylation sites is 1. The van der Waals surface area contributed by atoms with Crippen LogP contribution < -0.4 is 10.6 Å². The highest BCUT2D eigenvalue weighted by Crippen LogP contribution is 2.06. The standard InChI is InChI=1S/C7H8N4O/c8-10-11-9-6-12-7-4-2-1-3-5-7/h1-6H,(H2,8,11)/b9-6+. The zero-order valence-corrected chi connectivity index (χ0v) is 6.29. The second-order valence-electron chi connectivity index (χ2n) is 1.86. The summed E-state index contributed by atoms with van der Waals surface area (Å²) in [5.41, 5.74) is 0. The van der Waals surface area contributed by atoms with Crippen molar-refractivity contribution in [2.45, 2.75) is 0 Å². The van der Waals surface area contributed by atoms with Crippen molar-refractivity contribution in [3.63, 3.8) is 0 Å². The number of hydrogen-bond donors (Lipinski definition) is 1. The average Bonchev–Trinajstić information content (AvgIpc) is 2.14. The minimum atomic E-state index is 0.688. The molecule has 1 rings (SSSR count). The predicted molar refractivity (Wildman–Crippen MR) is 44.6 cm³/mol. The zero-order valence-electron chi connectivity index (χ0n) is 6.29. The molecule has 5 nitrogen and oxygen atoms in total. The molecule has 0 fully saturated rings. The van der Waals surface area contributed by atoms with Gasteiger partial charge in [0.25, 0.3) is 0 Å². The fourth-order valence-corrected chi connectivity index (χ4v) is 0.634. The maximum Gasteiger partial charge on any atom is 0.203 e. The van der Waals surface area contributed by atoms with E-state index in [2.05, 4.69) is 15.5 Å². The summed E-state index contributed by atoms with van der Waals surface area (Å²) in [5.74, 6) is 5.39. The molecular formula is C7H8N4O. The third kappa shape index (κ3) is 2.78. The Labute approximate surface area is 69.5 Å². The van der Waals surface area contributed by atoms with E-state index < -0.39 is 0 Å². The van der Waals surface area contributed by atoms with E-state index in [0.717, 1.165) is 6.40 Å². The Kier molecular flexibility index (Phi) is 3.30. The SMILES string of the molecule is NN=N/N=C/Oc1ccccc1. The van der Waals surface area contributed by atoms with Crippen molar-refractivity contribution in [2.24, 2.45) is 21.4 Å². The van der Waals surface area contributed by atoms with E-state index in [4.69, 9.17) is 10.6 Å². The molecule has 2 N–H and O–H groups in total. The normalized spacial score (nSPS) is 11.0. The van der Waals surface area contributed by atoms with E-state index in [0.29, 0.717) is 5.75 Å². The molecule has 1 aromatic carbocycles. The molecule has 5 heteroatoms. The molecule has 0 atom stereocenters. The highest BCUT2D eigenvalue weighted by Gasteiger charge is 1.84. The summed E-state index contributed by atoms with van der Waals surface area (Å²) in [4.78, 5) is 0. The second-order valence-corrected chi connectivity index (χ2v) is 1.86. The lowest BCUT2D eigenvalue weighted by Crippen LogP contribution is -1.87. The zero-order chi connectivity index (χ0) is 8.65. The molecule has 0 aliphatic heterocycles. The topological polar surface area (TPSA) is 72.3 Å². The highest BCUT2D eigenvalue weighted by atomic mass is 16.5. The third-order valence-corrected chi connectivity index (χ3v) is 1.08. The van der Waals surface area contributed by atoms with Gasteiger partial charge < -0.3 is 10.6 Å². The van der Waals surface area contributed by atoms with Gasteiger partial charge in [-0.05, 0) is 17.4 Å². The molecule has 0 radical (unpaired) electrons. The summed E-state index contributed by atoms with van der Waals surface area (Å²) in [6.07, 6.45) is 1.16. The van der Waals surface area contributed by atoms with Crippen LogP contribution in [0.3, 0.4) is 0 Å². The first-order valence-corrected chi connectivity index (χ1v) is 3.27. The van der Waals surface area contributed by atoms with Gasteiger partial charge in [-0.2, -0.15) is 0 Å². The van der Waals surface area contributed by atoms with Gasteiger partial charge in [-0.25, -0.2) is 0 Å². The summed E-state index contributed by atoms with van der Waals surface area (Å²) in [5, 5.41) is 9.42. The van der Waals surface area contributed by atoms with Crippen molar-refractivity contribution in [1.82, 2.24) is 0 Å². The van der Waals surface area contributed by atoms with Gasteiger partial charge >= 0.3 is 0 Å². The smallest absolute Gasteiger partial charge is 0.203 e. The van der Waals surface area contributed by atoms with E-state index in [1.165, 1.54) is 0 Å². The van der Waals surface area contributed by atoms with Crippen molar-refractivity contribution < 1.29 is 4.74 Å². The predicted octanol–water partition coefficient (Wildman–Crippen LogP) is 1.33. The van der Waals surface area contributed by atoms with Crippen LogP contribution in [0.2, 0.25) is 0 Å². The van der Waals surface area contributed by atoms with Crippen LogP contribution in [0.4, 0.5) is 0 Å². The van der Waals surface area contributed by atoms with Crippen molar-refractivity contribution in [2.75, 3.05) is 0 Å². The van der Waals surface area contributed by atoms with Crippen LogP contribution in [-0.2, 0) is 0 Å². The lowest BCUT2D eigenvalue weighted by atomic mass is 10.3. The van der Waals surface area contributed by atoms with E-state index >= 15 is 0 Å².